The van der Waals surface area contributed by atoms with Crippen LogP contribution in [0.5, 0.6) is 0 Å². The normalized spacial score (nSPS) is 18.4. The number of halogens is 1. The van der Waals surface area contributed by atoms with Gasteiger partial charge in [-0.25, -0.2) is 9.98 Å². The molecule has 1 N–H and O–H groups in total. The van der Waals surface area contributed by atoms with Crippen molar-refractivity contribution in [2.75, 3.05) is 50.7 Å². The standard InChI is InChI=1S/C21H34N6O.HI/c1-4-22-21(27-13-11-25(12-14-27)18(3)28)24-16-19-5-6-20(23-15-19)26-9-7-17(2)8-10-26;/h5-6,15,17H,4,7-14,16H2,1-3H3,(H,22,24);1H. The van der Waals surface area contributed by atoms with Crippen LogP contribution in [0.1, 0.15) is 39.2 Å². The fourth-order valence-corrected chi connectivity index (χ4v) is 3.76. The first-order valence-electron chi connectivity index (χ1n) is 10.6. The first-order chi connectivity index (χ1) is 13.6. The second kappa shape index (κ2) is 11.6. The first kappa shape index (κ1) is 23.7. The third-order valence-electron chi connectivity index (χ3n) is 5.69. The highest BCUT2D eigenvalue weighted by molar-refractivity contribution is 14.0. The van der Waals surface area contributed by atoms with E-state index >= 15 is 0 Å². The summed E-state index contributed by atoms with van der Waals surface area (Å²) in [7, 11) is 0. The van der Waals surface area contributed by atoms with Gasteiger partial charge in [0.1, 0.15) is 5.82 Å². The number of piperidine rings is 1. The summed E-state index contributed by atoms with van der Waals surface area (Å²) in [4.78, 5) is 27.5. The molecule has 0 spiro atoms. The molecule has 0 unspecified atom stereocenters. The van der Waals surface area contributed by atoms with Crippen LogP contribution in [0, 0.1) is 5.92 Å². The number of aliphatic imine (C=N–C) groups is 1. The molecule has 2 fully saturated rings. The summed E-state index contributed by atoms with van der Waals surface area (Å²) < 4.78 is 0. The molecule has 0 aliphatic carbocycles. The van der Waals surface area contributed by atoms with Crippen LogP contribution in [-0.2, 0) is 11.3 Å². The van der Waals surface area contributed by atoms with Gasteiger partial charge in [0.05, 0.1) is 6.54 Å². The maximum absolute atomic E-state index is 11.5. The van der Waals surface area contributed by atoms with E-state index in [1.54, 1.807) is 6.92 Å². The van der Waals surface area contributed by atoms with Crippen molar-refractivity contribution in [2.24, 2.45) is 10.9 Å². The SMILES string of the molecule is CCNC(=NCc1ccc(N2CCC(C)CC2)nc1)N1CCN(C(C)=O)CC1.I. The van der Waals surface area contributed by atoms with Crippen molar-refractivity contribution in [2.45, 2.75) is 40.2 Å². The monoisotopic (exact) mass is 514 g/mol. The van der Waals surface area contributed by atoms with Gasteiger partial charge in [-0.15, -0.1) is 24.0 Å². The zero-order valence-electron chi connectivity index (χ0n) is 17.9. The minimum Gasteiger partial charge on any atom is -0.357 e. The number of amides is 1. The van der Waals surface area contributed by atoms with Gasteiger partial charge >= 0.3 is 0 Å². The Labute approximate surface area is 192 Å². The Morgan fingerprint density at radius 2 is 1.79 bits per heavy atom. The molecule has 0 saturated carbocycles. The molecule has 0 aromatic carbocycles. The van der Waals surface area contributed by atoms with Gasteiger partial charge in [-0.1, -0.05) is 13.0 Å². The summed E-state index contributed by atoms with van der Waals surface area (Å²) in [5, 5.41) is 3.38. The molecule has 162 valence electrons. The number of anilines is 1. The summed E-state index contributed by atoms with van der Waals surface area (Å²) in [5.41, 5.74) is 1.12. The molecule has 2 aliphatic rings. The Kier molecular flexibility index (Phi) is 9.45. The lowest BCUT2D eigenvalue weighted by atomic mass is 9.99. The number of carbonyl (C=O) groups excluding carboxylic acids is 1. The Morgan fingerprint density at radius 1 is 1.14 bits per heavy atom. The Morgan fingerprint density at radius 3 is 2.34 bits per heavy atom. The first-order valence-corrected chi connectivity index (χ1v) is 10.6. The summed E-state index contributed by atoms with van der Waals surface area (Å²) >= 11 is 0. The minimum absolute atomic E-state index is 0. The number of nitrogens with zero attached hydrogens (tertiary/aromatic N) is 5. The Hall–Kier alpha value is -1.58. The van der Waals surface area contributed by atoms with E-state index in [-0.39, 0.29) is 29.9 Å². The molecule has 1 amide bonds. The van der Waals surface area contributed by atoms with E-state index in [1.807, 2.05) is 11.1 Å². The number of aromatic nitrogens is 1. The fourth-order valence-electron chi connectivity index (χ4n) is 3.76. The summed E-state index contributed by atoms with van der Waals surface area (Å²) in [6.45, 7) is 12.8. The van der Waals surface area contributed by atoms with Gasteiger partial charge < -0.3 is 20.0 Å². The lowest BCUT2D eigenvalue weighted by Gasteiger charge is -2.36. The summed E-state index contributed by atoms with van der Waals surface area (Å²) in [6.07, 6.45) is 4.45. The maximum Gasteiger partial charge on any atom is 0.219 e. The van der Waals surface area contributed by atoms with Gasteiger partial charge in [-0.2, -0.15) is 0 Å². The van der Waals surface area contributed by atoms with Crippen molar-refractivity contribution < 1.29 is 4.79 Å². The average molecular weight is 514 g/mol. The van der Waals surface area contributed by atoms with E-state index in [0.717, 1.165) is 69.1 Å². The zero-order chi connectivity index (χ0) is 19.9. The second-order valence-corrected chi connectivity index (χ2v) is 7.86. The van der Waals surface area contributed by atoms with Crippen LogP contribution in [0.4, 0.5) is 5.82 Å². The largest absolute Gasteiger partial charge is 0.357 e. The molecule has 2 saturated heterocycles. The minimum atomic E-state index is 0. The molecule has 0 radical (unpaired) electrons. The van der Waals surface area contributed by atoms with Gasteiger partial charge in [-0.3, -0.25) is 4.79 Å². The number of hydrogen-bond donors (Lipinski definition) is 1. The molecule has 29 heavy (non-hydrogen) atoms. The number of piperazine rings is 1. The van der Waals surface area contributed by atoms with E-state index in [1.165, 1.54) is 12.8 Å². The lowest BCUT2D eigenvalue weighted by Crippen LogP contribution is -2.53. The van der Waals surface area contributed by atoms with Gasteiger partial charge in [0.25, 0.3) is 0 Å². The van der Waals surface area contributed by atoms with Crippen molar-refractivity contribution in [1.29, 1.82) is 0 Å². The molecule has 2 aliphatic heterocycles. The molecular weight excluding hydrogens is 479 g/mol. The maximum atomic E-state index is 11.5. The van der Waals surface area contributed by atoms with Crippen molar-refractivity contribution in [3.63, 3.8) is 0 Å². The number of nitrogens with one attached hydrogen (secondary N) is 1. The van der Waals surface area contributed by atoms with Crippen molar-refractivity contribution >= 4 is 41.7 Å². The third-order valence-corrected chi connectivity index (χ3v) is 5.69. The van der Waals surface area contributed by atoms with E-state index in [9.17, 15) is 4.79 Å². The van der Waals surface area contributed by atoms with Crippen LogP contribution in [0.15, 0.2) is 23.3 Å². The van der Waals surface area contributed by atoms with Crippen LogP contribution in [0.3, 0.4) is 0 Å². The van der Waals surface area contributed by atoms with Gasteiger partial charge in [0.2, 0.25) is 5.91 Å². The van der Waals surface area contributed by atoms with Crippen LogP contribution in [0.25, 0.3) is 0 Å². The number of carbonyl (C=O) groups is 1. The Balaban J connectivity index is 0.00000300. The summed E-state index contributed by atoms with van der Waals surface area (Å²) in [6, 6.07) is 4.26. The van der Waals surface area contributed by atoms with Crippen LogP contribution in [-0.4, -0.2) is 72.5 Å². The van der Waals surface area contributed by atoms with E-state index in [4.69, 9.17) is 4.99 Å². The van der Waals surface area contributed by atoms with Crippen LogP contribution in [0.2, 0.25) is 0 Å². The van der Waals surface area contributed by atoms with Crippen molar-refractivity contribution in [3.8, 4) is 0 Å². The highest BCUT2D eigenvalue weighted by atomic mass is 127. The summed E-state index contributed by atoms with van der Waals surface area (Å²) in [5.74, 6) is 2.97. The lowest BCUT2D eigenvalue weighted by molar-refractivity contribution is -0.130. The number of pyridine rings is 1. The molecule has 3 rings (SSSR count). The van der Waals surface area contributed by atoms with Crippen molar-refractivity contribution in [3.05, 3.63) is 23.9 Å². The molecule has 0 atom stereocenters. The van der Waals surface area contributed by atoms with Crippen LogP contribution >= 0.6 is 24.0 Å². The van der Waals surface area contributed by atoms with E-state index < -0.39 is 0 Å². The van der Waals surface area contributed by atoms with Gasteiger partial charge in [-0.05, 0) is 37.3 Å². The van der Waals surface area contributed by atoms with Crippen molar-refractivity contribution in [1.82, 2.24) is 20.1 Å². The number of hydrogen-bond acceptors (Lipinski definition) is 4. The predicted octanol–water partition coefficient (Wildman–Crippen LogP) is 2.57. The van der Waals surface area contributed by atoms with Gasteiger partial charge in [0, 0.05) is 58.9 Å². The second-order valence-electron chi connectivity index (χ2n) is 7.86. The molecule has 7 nitrogen and oxygen atoms in total. The highest BCUT2D eigenvalue weighted by Crippen LogP contribution is 2.21. The third kappa shape index (κ3) is 6.72. The zero-order valence-corrected chi connectivity index (χ0v) is 20.3. The molecule has 1 aromatic rings. The predicted molar refractivity (Wildman–Crippen MR) is 129 cm³/mol. The fraction of sp³-hybridized carbons (Fsp3) is 0.667. The number of rotatable bonds is 4. The highest BCUT2D eigenvalue weighted by Gasteiger charge is 2.21. The van der Waals surface area contributed by atoms with Crippen LogP contribution < -0.4 is 10.2 Å². The smallest absolute Gasteiger partial charge is 0.219 e. The van der Waals surface area contributed by atoms with E-state index in [2.05, 4.69) is 46.1 Å². The van der Waals surface area contributed by atoms with E-state index in [0.29, 0.717) is 6.54 Å². The molecule has 8 heteroatoms. The van der Waals surface area contributed by atoms with Gasteiger partial charge in [0.15, 0.2) is 5.96 Å². The topological polar surface area (TPSA) is 64.1 Å². The molecule has 0 bridgehead atoms. The molecule has 3 heterocycles. The number of guanidine groups is 1. The molecular formula is C21H35IN6O. The quantitative estimate of drug-likeness (QED) is 0.380. The molecule has 1 aromatic heterocycles. The Bertz CT molecular complexity index is 664. The average Bonchev–Trinajstić information content (AvgIpc) is 2.72.